The maximum Gasteiger partial charge on any atom is 0.534 e. The first-order chi connectivity index (χ1) is 8.39. The highest BCUT2D eigenvalue weighted by molar-refractivity contribution is 7.87. The monoisotopic (exact) mass is 298 g/mol. The number of allylic oxidation sites excluding steroid dienone is 2. The van der Waals surface area contributed by atoms with Gasteiger partial charge in [-0.1, -0.05) is 20.8 Å². The van der Waals surface area contributed by atoms with E-state index in [0.29, 0.717) is 6.42 Å². The van der Waals surface area contributed by atoms with E-state index in [1.54, 1.807) is 0 Å². The van der Waals surface area contributed by atoms with E-state index in [9.17, 15) is 21.6 Å². The molecule has 0 aromatic heterocycles. The molecule has 2 aliphatic carbocycles. The molecule has 2 atom stereocenters. The van der Waals surface area contributed by atoms with Gasteiger partial charge < -0.3 is 4.18 Å². The molecule has 0 spiro atoms. The zero-order chi connectivity index (χ0) is 14.7. The highest BCUT2D eigenvalue weighted by Crippen LogP contribution is 2.62. The molecule has 0 unspecified atom stereocenters. The Bertz CT molecular complexity index is 519. The Morgan fingerprint density at radius 2 is 1.84 bits per heavy atom. The van der Waals surface area contributed by atoms with Crippen molar-refractivity contribution in [2.24, 2.45) is 16.7 Å². The lowest BCUT2D eigenvalue weighted by molar-refractivity contribution is -0.0533. The molecule has 0 saturated heterocycles. The van der Waals surface area contributed by atoms with E-state index >= 15 is 0 Å². The lowest BCUT2D eigenvalue weighted by Gasteiger charge is -2.33. The quantitative estimate of drug-likeness (QED) is 0.578. The van der Waals surface area contributed by atoms with Crippen LogP contribution in [0.15, 0.2) is 11.8 Å². The van der Waals surface area contributed by atoms with Crippen LogP contribution >= 0.6 is 0 Å². The first-order valence-electron chi connectivity index (χ1n) is 6.10. The van der Waals surface area contributed by atoms with Gasteiger partial charge in [0.25, 0.3) is 0 Å². The second-order valence-electron chi connectivity index (χ2n) is 6.37. The molecule has 1 fully saturated rings. The van der Waals surface area contributed by atoms with Crippen LogP contribution in [0.3, 0.4) is 0 Å². The number of halogens is 3. The largest absolute Gasteiger partial charge is 0.534 e. The van der Waals surface area contributed by atoms with E-state index in [4.69, 9.17) is 0 Å². The Balaban J connectivity index is 2.29. The molecule has 0 bridgehead atoms. The maximum atomic E-state index is 12.4. The summed E-state index contributed by atoms with van der Waals surface area (Å²) in [5.41, 5.74) is -5.83. The number of hydrogen-bond donors (Lipinski definition) is 0. The number of alkyl halides is 3. The number of rotatable bonds is 2. The minimum Gasteiger partial charge on any atom is -0.381 e. The molecular formula is C12H17F3O3S. The van der Waals surface area contributed by atoms with Gasteiger partial charge in [-0.15, -0.1) is 0 Å². The van der Waals surface area contributed by atoms with E-state index < -0.39 is 15.6 Å². The zero-order valence-electron chi connectivity index (χ0n) is 11.0. The molecule has 0 N–H and O–H groups in total. The van der Waals surface area contributed by atoms with Crippen LogP contribution < -0.4 is 0 Å². The molecular weight excluding hydrogens is 281 g/mol. The fourth-order valence-electron chi connectivity index (χ4n) is 3.50. The van der Waals surface area contributed by atoms with Crippen LogP contribution in [0.25, 0.3) is 0 Å². The average molecular weight is 298 g/mol. The summed E-state index contributed by atoms with van der Waals surface area (Å²) in [5.74, 6) is -0.320. The van der Waals surface area contributed by atoms with Crippen LogP contribution in [-0.2, 0) is 14.3 Å². The van der Waals surface area contributed by atoms with Crippen molar-refractivity contribution < 1.29 is 25.8 Å². The standard InChI is InChI=1S/C12H17F3O3S/c1-10(2)6-7-11(3)5-4-8(9(10)11)18-19(16,17)12(13,14)15/h4,9H,5-7H2,1-3H3/t9-,11+/m0/s1. The van der Waals surface area contributed by atoms with E-state index in [2.05, 4.69) is 4.18 Å². The molecule has 0 radical (unpaired) electrons. The van der Waals surface area contributed by atoms with Crippen LogP contribution in [0.4, 0.5) is 13.2 Å². The summed E-state index contributed by atoms with van der Waals surface area (Å²) < 4.78 is 63.8. The smallest absolute Gasteiger partial charge is 0.381 e. The molecule has 2 aliphatic rings. The van der Waals surface area contributed by atoms with Gasteiger partial charge in [-0.25, -0.2) is 0 Å². The predicted octanol–water partition coefficient (Wildman–Crippen LogP) is 3.58. The van der Waals surface area contributed by atoms with Gasteiger partial charge in [0.2, 0.25) is 0 Å². The van der Waals surface area contributed by atoms with Crippen molar-refractivity contribution >= 4 is 10.1 Å². The lowest BCUT2D eigenvalue weighted by atomic mass is 9.73. The number of hydrogen-bond acceptors (Lipinski definition) is 3. The summed E-state index contributed by atoms with van der Waals surface area (Å²) in [6.45, 7) is 5.84. The Hall–Kier alpha value is -0.720. The molecule has 1 saturated carbocycles. The third kappa shape index (κ3) is 2.26. The Kier molecular flexibility index (Phi) is 3.01. The SMILES string of the molecule is CC1(C)CC[C@@]2(C)CC=C(OS(=O)(=O)C(F)(F)F)[C@@H]12. The van der Waals surface area contributed by atoms with Gasteiger partial charge in [0.05, 0.1) is 0 Å². The average Bonchev–Trinajstić information content (AvgIpc) is 2.63. The molecule has 110 valence electrons. The molecule has 0 aromatic rings. The van der Waals surface area contributed by atoms with Crippen molar-refractivity contribution in [3.63, 3.8) is 0 Å². The Morgan fingerprint density at radius 1 is 1.26 bits per heavy atom. The Morgan fingerprint density at radius 3 is 2.37 bits per heavy atom. The zero-order valence-corrected chi connectivity index (χ0v) is 11.9. The van der Waals surface area contributed by atoms with Crippen molar-refractivity contribution in [2.45, 2.75) is 45.5 Å². The van der Waals surface area contributed by atoms with Gasteiger partial charge in [-0.3, -0.25) is 0 Å². The maximum absolute atomic E-state index is 12.4. The van der Waals surface area contributed by atoms with E-state index in [-0.39, 0.29) is 22.5 Å². The van der Waals surface area contributed by atoms with Crippen molar-refractivity contribution in [2.75, 3.05) is 0 Å². The topological polar surface area (TPSA) is 43.4 Å². The lowest BCUT2D eigenvalue weighted by Crippen LogP contribution is -2.32. The first-order valence-corrected chi connectivity index (χ1v) is 7.51. The molecule has 7 heteroatoms. The normalized spacial score (nSPS) is 34.0. The summed E-state index contributed by atoms with van der Waals surface area (Å²) in [4.78, 5) is 0. The van der Waals surface area contributed by atoms with Crippen LogP contribution in [-0.4, -0.2) is 13.9 Å². The number of fused-ring (bicyclic) bond motifs is 1. The van der Waals surface area contributed by atoms with Crippen molar-refractivity contribution in [1.29, 1.82) is 0 Å². The highest BCUT2D eigenvalue weighted by Gasteiger charge is 2.57. The summed E-state index contributed by atoms with van der Waals surface area (Å²) in [7, 11) is -5.57. The third-order valence-corrected chi connectivity index (χ3v) is 5.34. The van der Waals surface area contributed by atoms with Gasteiger partial charge in [-0.05, 0) is 36.2 Å². The van der Waals surface area contributed by atoms with E-state index in [1.165, 1.54) is 6.08 Å². The van der Waals surface area contributed by atoms with E-state index in [0.717, 1.165) is 12.8 Å². The fraction of sp³-hybridized carbons (Fsp3) is 0.833. The molecule has 0 aromatic carbocycles. The van der Waals surface area contributed by atoms with E-state index in [1.807, 2.05) is 20.8 Å². The molecule has 3 nitrogen and oxygen atoms in total. The minimum absolute atomic E-state index is 0.0395. The highest BCUT2D eigenvalue weighted by atomic mass is 32.2. The summed E-state index contributed by atoms with van der Waals surface area (Å²) in [6, 6.07) is 0. The van der Waals surface area contributed by atoms with Crippen molar-refractivity contribution in [3.8, 4) is 0 Å². The summed E-state index contributed by atoms with van der Waals surface area (Å²) in [5, 5.41) is 0. The first kappa shape index (κ1) is 14.7. The predicted molar refractivity (Wildman–Crippen MR) is 63.4 cm³/mol. The molecule has 19 heavy (non-hydrogen) atoms. The van der Waals surface area contributed by atoms with Gasteiger partial charge in [0.1, 0.15) is 5.76 Å². The molecule has 2 rings (SSSR count). The van der Waals surface area contributed by atoms with Crippen LogP contribution in [0, 0.1) is 16.7 Å². The van der Waals surface area contributed by atoms with Crippen LogP contribution in [0.2, 0.25) is 0 Å². The van der Waals surface area contributed by atoms with Crippen molar-refractivity contribution in [3.05, 3.63) is 11.8 Å². The fourth-order valence-corrected chi connectivity index (χ4v) is 4.01. The van der Waals surface area contributed by atoms with Crippen molar-refractivity contribution in [1.82, 2.24) is 0 Å². The third-order valence-electron chi connectivity index (χ3n) is 4.36. The second kappa shape index (κ2) is 3.90. The summed E-state index contributed by atoms with van der Waals surface area (Å²) in [6.07, 6.45) is 3.76. The van der Waals surface area contributed by atoms with Gasteiger partial charge in [0, 0.05) is 5.92 Å². The van der Waals surface area contributed by atoms with Crippen LogP contribution in [0.1, 0.15) is 40.0 Å². The van der Waals surface area contributed by atoms with Gasteiger partial charge in [-0.2, -0.15) is 21.6 Å². The molecule has 0 amide bonds. The molecule has 0 heterocycles. The van der Waals surface area contributed by atoms with Gasteiger partial charge >= 0.3 is 15.6 Å². The van der Waals surface area contributed by atoms with Gasteiger partial charge in [0.15, 0.2) is 0 Å². The van der Waals surface area contributed by atoms with Crippen LogP contribution in [0.5, 0.6) is 0 Å². The summed E-state index contributed by atoms with van der Waals surface area (Å²) >= 11 is 0. The molecule has 0 aliphatic heterocycles. The minimum atomic E-state index is -5.57. The second-order valence-corrected chi connectivity index (χ2v) is 7.91. The Labute approximate surface area is 110 Å².